The number of thioether (sulfide) groups is 1. The van der Waals surface area contributed by atoms with Crippen LogP contribution in [0.2, 0.25) is 5.02 Å². The van der Waals surface area contributed by atoms with Gasteiger partial charge >= 0.3 is 0 Å². The van der Waals surface area contributed by atoms with Gasteiger partial charge in [-0.05, 0) is 29.8 Å². The maximum Gasteiger partial charge on any atom is 0.200 e. The second-order valence-corrected chi connectivity index (χ2v) is 5.45. The molecule has 0 fully saturated rings. The highest BCUT2D eigenvalue weighted by molar-refractivity contribution is 8.04. The summed E-state index contributed by atoms with van der Waals surface area (Å²) in [5.74, 6) is 0.0792. The van der Waals surface area contributed by atoms with Crippen molar-refractivity contribution >= 4 is 35.2 Å². The molecule has 0 amide bonds. The monoisotopic (exact) mass is 272 g/mol. The van der Waals surface area contributed by atoms with Crippen molar-refractivity contribution in [3.05, 3.63) is 69.6 Å². The number of Topliss-reactive ketones (excluding diaryl/α,β-unsaturated/α-hetero) is 1. The summed E-state index contributed by atoms with van der Waals surface area (Å²) in [5, 5.41) is 0.661. The van der Waals surface area contributed by atoms with Gasteiger partial charge in [0.05, 0.1) is 4.91 Å². The molecule has 2 aromatic carbocycles. The molecule has 1 heterocycles. The van der Waals surface area contributed by atoms with Crippen LogP contribution in [0, 0.1) is 0 Å². The molecule has 3 heteroatoms. The summed E-state index contributed by atoms with van der Waals surface area (Å²) >= 11 is 7.60. The van der Waals surface area contributed by atoms with Crippen molar-refractivity contribution in [2.24, 2.45) is 0 Å². The Hall–Kier alpha value is -1.51. The van der Waals surface area contributed by atoms with Gasteiger partial charge in [0.1, 0.15) is 0 Å². The number of hydrogen-bond donors (Lipinski definition) is 0. The van der Waals surface area contributed by atoms with Gasteiger partial charge < -0.3 is 0 Å². The maximum absolute atomic E-state index is 12.2. The van der Waals surface area contributed by atoms with Gasteiger partial charge in [-0.1, -0.05) is 53.7 Å². The van der Waals surface area contributed by atoms with Crippen LogP contribution in [0.3, 0.4) is 0 Å². The summed E-state index contributed by atoms with van der Waals surface area (Å²) < 4.78 is 0. The zero-order valence-electron chi connectivity index (χ0n) is 9.39. The number of ketones is 1. The fourth-order valence-corrected chi connectivity index (χ4v) is 3.10. The molecule has 0 aliphatic carbocycles. The highest BCUT2D eigenvalue weighted by Gasteiger charge is 2.25. The molecule has 0 atom stereocenters. The first kappa shape index (κ1) is 11.6. The Morgan fingerprint density at radius 1 is 1.00 bits per heavy atom. The van der Waals surface area contributed by atoms with Gasteiger partial charge in [0.25, 0.3) is 0 Å². The zero-order chi connectivity index (χ0) is 12.5. The van der Waals surface area contributed by atoms with Gasteiger partial charge in [0.15, 0.2) is 0 Å². The van der Waals surface area contributed by atoms with E-state index in [2.05, 4.69) is 0 Å². The normalized spacial score (nSPS) is 16.1. The summed E-state index contributed by atoms with van der Waals surface area (Å²) in [6, 6.07) is 15.2. The van der Waals surface area contributed by atoms with E-state index in [1.807, 2.05) is 54.6 Å². The Morgan fingerprint density at radius 3 is 2.50 bits per heavy atom. The van der Waals surface area contributed by atoms with E-state index in [-0.39, 0.29) is 5.78 Å². The predicted molar refractivity (Wildman–Crippen MR) is 76.1 cm³/mol. The first-order valence-electron chi connectivity index (χ1n) is 5.53. The summed E-state index contributed by atoms with van der Waals surface area (Å²) in [6.07, 6.45) is 1.86. The average Bonchev–Trinajstić information content (AvgIpc) is 2.70. The van der Waals surface area contributed by atoms with Crippen molar-refractivity contribution in [3.63, 3.8) is 0 Å². The minimum atomic E-state index is 0.0792. The van der Waals surface area contributed by atoms with Gasteiger partial charge in [0.2, 0.25) is 5.78 Å². The van der Waals surface area contributed by atoms with Crippen molar-refractivity contribution in [3.8, 4) is 0 Å². The molecular weight excluding hydrogens is 264 g/mol. The second kappa shape index (κ2) is 4.63. The number of allylic oxidation sites excluding steroid dienone is 1. The number of fused-ring (bicyclic) bond motifs is 1. The molecule has 1 nitrogen and oxygen atoms in total. The van der Waals surface area contributed by atoms with E-state index in [0.717, 1.165) is 20.9 Å². The lowest BCUT2D eigenvalue weighted by molar-refractivity contribution is 0.104. The fourth-order valence-electron chi connectivity index (χ4n) is 1.87. The first-order chi connectivity index (χ1) is 8.75. The number of halogens is 1. The maximum atomic E-state index is 12.2. The van der Waals surface area contributed by atoms with Crippen LogP contribution in [0.4, 0.5) is 0 Å². The Kier molecular flexibility index (Phi) is 2.98. The van der Waals surface area contributed by atoms with Crippen LogP contribution in [-0.4, -0.2) is 5.78 Å². The van der Waals surface area contributed by atoms with Crippen molar-refractivity contribution in [2.45, 2.75) is 4.90 Å². The Bertz CT molecular complexity index is 661. The van der Waals surface area contributed by atoms with E-state index < -0.39 is 0 Å². The number of carbonyl (C=O) groups is 1. The van der Waals surface area contributed by atoms with Gasteiger partial charge in [-0.2, -0.15) is 0 Å². The predicted octanol–water partition coefficient (Wildman–Crippen LogP) is 4.67. The highest BCUT2D eigenvalue weighted by atomic mass is 35.5. The van der Waals surface area contributed by atoms with Gasteiger partial charge in [-0.25, -0.2) is 0 Å². The molecule has 0 unspecified atom stereocenters. The molecule has 0 saturated heterocycles. The number of carbonyl (C=O) groups excluding carboxylic acids is 1. The summed E-state index contributed by atoms with van der Waals surface area (Å²) in [6.45, 7) is 0. The number of hydrogen-bond acceptors (Lipinski definition) is 2. The number of rotatable bonds is 1. The SMILES string of the molecule is O=C1/C(=C/c2ccccc2Cl)Sc2ccccc21. The van der Waals surface area contributed by atoms with E-state index in [0.29, 0.717) is 5.02 Å². The fraction of sp³-hybridized carbons (Fsp3) is 0. The standard InChI is InChI=1S/C15H9ClOS/c16-12-7-3-1-5-10(12)9-14-15(17)11-6-2-4-8-13(11)18-14/h1-9H/b14-9-. The van der Waals surface area contributed by atoms with E-state index in [4.69, 9.17) is 11.6 Å². The molecule has 18 heavy (non-hydrogen) atoms. The molecule has 0 bridgehead atoms. The topological polar surface area (TPSA) is 17.1 Å². The third-order valence-electron chi connectivity index (χ3n) is 2.77. The molecule has 2 aromatic rings. The first-order valence-corrected chi connectivity index (χ1v) is 6.73. The number of benzene rings is 2. The van der Waals surface area contributed by atoms with Crippen molar-refractivity contribution in [1.82, 2.24) is 0 Å². The lowest BCUT2D eigenvalue weighted by Gasteiger charge is -1.98. The lowest BCUT2D eigenvalue weighted by Crippen LogP contribution is -1.93. The van der Waals surface area contributed by atoms with E-state index >= 15 is 0 Å². The molecule has 0 N–H and O–H groups in total. The third-order valence-corrected chi connectivity index (χ3v) is 4.21. The molecule has 0 spiro atoms. The van der Waals surface area contributed by atoms with Crippen LogP contribution >= 0.6 is 23.4 Å². The molecule has 0 saturated carbocycles. The van der Waals surface area contributed by atoms with Crippen LogP contribution in [-0.2, 0) is 0 Å². The quantitative estimate of drug-likeness (QED) is 0.702. The minimum absolute atomic E-state index is 0.0792. The van der Waals surface area contributed by atoms with Gasteiger partial charge in [-0.3, -0.25) is 4.79 Å². The van der Waals surface area contributed by atoms with E-state index in [1.54, 1.807) is 0 Å². The zero-order valence-corrected chi connectivity index (χ0v) is 11.0. The van der Waals surface area contributed by atoms with E-state index in [1.165, 1.54) is 11.8 Å². The highest BCUT2D eigenvalue weighted by Crippen LogP contribution is 2.40. The Morgan fingerprint density at radius 2 is 1.72 bits per heavy atom. The average molecular weight is 273 g/mol. The van der Waals surface area contributed by atoms with Crippen molar-refractivity contribution < 1.29 is 4.79 Å². The lowest BCUT2D eigenvalue weighted by atomic mass is 10.1. The summed E-state index contributed by atoms with van der Waals surface area (Å²) in [7, 11) is 0. The molecule has 0 radical (unpaired) electrons. The van der Waals surface area contributed by atoms with Gasteiger partial charge in [-0.15, -0.1) is 0 Å². The Balaban J connectivity index is 2.02. The molecule has 3 rings (SSSR count). The van der Waals surface area contributed by atoms with Crippen LogP contribution < -0.4 is 0 Å². The van der Waals surface area contributed by atoms with Gasteiger partial charge in [0, 0.05) is 15.5 Å². The smallest absolute Gasteiger partial charge is 0.200 e. The van der Waals surface area contributed by atoms with Crippen LogP contribution in [0.25, 0.3) is 6.08 Å². The Labute approximate surface area is 114 Å². The molecule has 1 aliphatic rings. The minimum Gasteiger partial charge on any atom is -0.288 e. The van der Waals surface area contributed by atoms with Crippen molar-refractivity contribution in [1.29, 1.82) is 0 Å². The largest absolute Gasteiger partial charge is 0.288 e. The molecule has 1 aliphatic heterocycles. The molecule has 0 aromatic heterocycles. The van der Waals surface area contributed by atoms with Crippen LogP contribution in [0.1, 0.15) is 15.9 Å². The summed E-state index contributed by atoms with van der Waals surface area (Å²) in [5.41, 5.74) is 1.66. The summed E-state index contributed by atoms with van der Waals surface area (Å²) in [4.78, 5) is 13.9. The molecule has 88 valence electrons. The van der Waals surface area contributed by atoms with Crippen LogP contribution in [0.5, 0.6) is 0 Å². The van der Waals surface area contributed by atoms with E-state index in [9.17, 15) is 4.79 Å². The van der Waals surface area contributed by atoms with Crippen LogP contribution in [0.15, 0.2) is 58.3 Å². The second-order valence-electron chi connectivity index (χ2n) is 3.96. The van der Waals surface area contributed by atoms with Crippen molar-refractivity contribution in [2.75, 3.05) is 0 Å². The third kappa shape index (κ3) is 1.98. The molecular formula is C15H9ClOS.